The number of amides is 1. The summed E-state index contributed by atoms with van der Waals surface area (Å²) < 4.78 is 5.30. The number of aryl methyl sites for hydroxylation is 1. The van der Waals surface area contributed by atoms with Crippen molar-refractivity contribution in [1.82, 2.24) is 4.98 Å². The second kappa shape index (κ2) is 6.05. The number of hydrogen-bond donors (Lipinski definition) is 2. The molecule has 0 aliphatic heterocycles. The van der Waals surface area contributed by atoms with Gasteiger partial charge in [-0.2, -0.15) is 0 Å². The van der Waals surface area contributed by atoms with Crippen molar-refractivity contribution in [1.29, 1.82) is 0 Å². The lowest BCUT2D eigenvalue weighted by Crippen LogP contribution is -2.17. The van der Waals surface area contributed by atoms with E-state index in [1.165, 1.54) is 0 Å². The van der Waals surface area contributed by atoms with E-state index in [0.29, 0.717) is 28.9 Å². The fourth-order valence-electron chi connectivity index (χ4n) is 2.23. The first-order valence-corrected chi connectivity index (χ1v) is 7.35. The molecule has 1 aliphatic carbocycles. The largest absolute Gasteiger partial charge is 0.495 e. The zero-order chi connectivity index (χ0) is 15.5. The molecular weight excluding hydrogens is 278 g/mol. The minimum Gasteiger partial charge on any atom is -0.495 e. The normalized spacial score (nSPS) is 13.5. The maximum atomic E-state index is 12.6. The second-order valence-corrected chi connectivity index (χ2v) is 5.48. The lowest BCUT2D eigenvalue weighted by atomic mass is 10.2. The van der Waals surface area contributed by atoms with Crippen LogP contribution < -0.4 is 15.4 Å². The zero-order valence-electron chi connectivity index (χ0n) is 12.7. The molecule has 0 atom stereocenters. The number of hydrogen-bond acceptors (Lipinski definition) is 4. The van der Waals surface area contributed by atoms with E-state index in [1.54, 1.807) is 25.4 Å². The minimum atomic E-state index is -0.194. The highest BCUT2D eigenvalue weighted by molar-refractivity contribution is 6.08. The average molecular weight is 297 g/mol. The molecule has 2 N–H and O–H groups in total. The van der Waals surface area contributed by atoms with Gasteiger partial charge in [0.1, 0.15) is 11.6 Å². The molecule has 1 amide bonds. The van der Waals surface area contributed by atoms with Crippen molar-refractivity contribution in [3.05, 3.63) is 47.7 Å². The van der Waals surface area contributed by atoms with E-state index in [9.17, 15) is 4.79 Å². The van der Waals surface area contributed by atoms with E-state index in [-0.39, 0.29) is 5.91 Å². The van der Waals surface area contributed by atoms with Crippen molar-refractivity contribution < 1.29 is 9.53 Å². The van der Waals surface area contributed by atoms with Crippen LogP contribution in [0.1, 0.15) is 28.8 Å². The summed E-state index contributed by atoms with van der Waals surface area (Å²) in [6.45, 7) is 1.97. The third-order valence-electron chi connectivity index (χ3n) is 3.57. The molecule has 1 aliphatic rings. The van der Waals surface area contributed by atoms with Gasteiger partial charge in [0.05, 0.1) is 18.4 Å². The maximum Gasteiger partial charge on any atom is 0.259 e. The molecular formula is C17H19N3O2. The summed E-state index contributed by atoms with van der Waals surface area (Å²) in [7, 11) is 1.59. The van der Waals surface area contributed by atoms with E-state index >= 15 is 0 Å². The maximum absolute atomic E-state index is 12.6. The molecule has 5 nitrogen and oxygen atoms in total. The summed E-state index contributed by atoms with van der Waals surface area (Å²) in [5.74, 6) is 1.08. The third kappa shape index (κ3) is 3.19. The van der Waals surface area contributed by atoms with Gasteiger partial charge >= 0.3 is 0 Å². The van der Waals surface area contributed by atoms with Gasteiger partial charge in [-0.3, -0.25) is 4.79 Å². The van der Waals surface area contributed by atoms with E-state index in [4.69, 9.17) is 4.74 Å². The lowest BCUT2D eigenvalue weighted by molar-refractivity contribution is 0.102. The minimum absolute atomic E-state index is 0.194. The van der Waals surface area contributed by atoms with Gasteiger partial charge in [-0.05, 0) is 49.6 Å². The van der Waals surface area contributed by atoms with Crippen LogP contribution in [0.25, 0.3) is 0 Å². The molecule has 0 spiro atoms. The van der Waals surface area contributed by atoms with Gasteiger partial charge < -0.3 is 15.4 Å². The Morgan fingerprint density at radius 1 is 1.32 bits per heavy atom. The van der Waals surface area contributed by atoms with Crippen LogP contribution in [0, 0.1) is 6.92 Å². The third-order valence-corrected chi connectivity index (χ3v) is 3.57. The predicted octanol–water partition coefficient (Wildman–Crippen LogP) is 3.23. The number of aromatic nitrogens is 1. The summed E-state index contributed by atoms with van der Waals surface area (Å²) in [5, 5.41) is 6.20. The van der Waals surface area contributed by atoms with Gasteiger partial charge in [0.15, 0.2) is 0 Å². The molecule has 1 aromatic heterocycles. The Bertz CT molecular complexity index is 696. The summed E-state index contributed by atoms with van der Waals surface area (Å²) in [5.41, 5.74) is 2.25. The number of ether oxygens (including phenoxy) is 1. The van der Waals surface area contributed by atoms with Gasteiger partial charge in [-0.15, -0.1) is 0 Å². The van der Waals surface area contributed by atoms with E-state index in [2.05, 4.69) is 15.6 Å². The number of rotatable bonds is 5. The quantitative estimate of drug-likeness (QED) is 0.889. The van der Waals surface area contributed by atoms with Crippen LogP contribution >= 0.6 is 0 Å². The summed E-state index contributed by atoms with van der Waals surface area (Å²) >= 11 is 0. The number of pyridine rings is 1. The van der Waals surface area contributed by atoms with Crippen LogP contribution in [0.4, 0.5) is 11.5 Å². The summed E-state index contributed by atoms with van der Waals surface area (Å²) in [6.07, 6.45) is 3.95. The second-order valence-electron chi connectivity index (χ2n) is 5.48. The standard InChI is InChI=1S/C17H19N3O2/c1-11-5-8-15(22-2)14(10-11)20-17(21)13-4-3-9-18-16(13)19-12-6-7-12/h3-5,8-10,12H,6-7H2,1-2H3,(H,18,19)(H,20,21). The molecule has 0 saturated heterocycles. The van der Waals surface area contributed by atoms with E-state index in [1.807, 2.05) is 25.1 Å². The van der Waals surface area contributed by atoms with E-state index in [0.717, 1.165) is 18.4 Å². The van der Waals surface area contributed by atoms with Gasteiger partial charge in [-0.25, -0.2) is 4.98 Å². The first-order valence-electron chi connectivity index (χ1n) is 7.35. The van der Waals surface area contributed by atoms with Crippen LogP contribution in [-0.4, -0.2) is 24.0 Å². The molecule has 2 aromatic rings. The fraction of sp³-hybridized carbons (Fsp3) is 0.294. The smallest absolute Gasteiger partial charge is 0.259 e. The Hall–Kier alpha value is -2.56. The van der Waals surface area contributed by atoms with Crippen LogP contribution in [-0.2, 0) is 0 Å². The van der Waals surface area contributed by atoms with Crippen molar-refractivity contribution in [2.45, 2.75) is 25.8 Å². The van der Waals surface area contributed by atoms with Crippen LogP contribution in [0.5, 0.6) is 5.75 Å². The van der Waals surface area contributed by atoms with E-state index < -0.39 is 0 Å². The molecule has 0 unspecified atom stereocenters. The Morgan fingerprint density at radius 3 is 2.86 bits per heavy atom. The Balaban J connectivity index is 1.84. The molecule has 5 heteroatoms. The average Bonchev–Trinajstić information content (AvgIpc) is 3.32. The van der Waals surface area contributed by atoms with Gasteiger partial charge in [0.25, 0.3) is 5.91 Å². The van der Waals surface area contributed by atoms with Crippen molar-refractivity contribution in [2.24, 2.45) is 0 Å². The molecule has 22 heavy (non-hydrogen) atoms. The molecule has 1 heterocycles. The van der Waals surface area contributed by atoms with Crippen LogP contribution in [0.2, 0.25) is 0 Å². The van der Waals surface area contributed by atoms with Crippen molar-refractivity contribution in [3.63, 3.8) is 0 Å². The fourth-order valence-corrected chi connectivity index (χ4v) is 2.23. The Morgan fingerprint density at radius 2 is 2.14 bits per heavy atom. The predicted molar refractivity (Wildman–Crippen MR) is 86.6 cm³/mol. The molecule has 0 radical (unpaired) electrons. The van der Waals surface area contributed by atoms with Gasteiger partial charge in [0.2, 0.25) is 0 Å². The van der Waals surface area contributed by atoms with Crippen LogP contribution in [0.15, 0.2) is 36.5 Å². The highest BCUT2D eigenvalue weighted by atomic mass is 16.5. The molecule has 1 fully saturated rings. The number of benzene rings is 1. The summed E-state index contributed by atoms with van der Waals surface area (Å²) in [4.78, 5) is 16.8. The lowest BCUT2D eigenvalue weighted by Gasteiger charge is -2.13. The Labute approximate surface area is 129 Å². The molecule has 3 rings (SSSR count). The topological polar surface area (TPSA) is 63.2 Å². The zero-order valence-corrected chi connectivity index (χ0v) is 12.7. The SMILES string of the molecule is COc1ccc(C)cc1NC(=O)c1cccnc1NC1CC1. The van der Waals surface area contributed by atoms with Crippen LogP contribution in [0.3, 0.4) is 0 Å². The number of methoxy groups -OCH3 is 1. The number of nitrogens with zero attached hydrogens (tertiary/aromatic N) is 1. The first-order chi connectivity index (χ1) is 10.7. The van der Waals surface area contributed by atoms with Gasteiger partial charge in [0, 0.05) is 12.2 Å². The van der Waals surface area contributed by atoms with Gasteiger partial charge in [-0.1, -0.05) is 6.07 Å². The summed E-state index contributed by atoms with van der Waals surface area (Å²) in [6, 6.07) is 9.66. The molecule has 0 bridgehead atoms. The first kappa shape index (κ1) is 14.4. The number of nitrogens with one attached hydrogen (secondary N) is 2. The molecule has 1 aromatic carbocycles. The Kier molecular flexibility index (Phi) is 3.96. The van der Waals surface area contributed by atoms with Crippen molar-refractivity contribution in [3.8, 4) is 5.75 Å². The van der Waals surface area contributed by atoms with Crippen molar-refractivity contribution >= 4 is 17.4 Å². The molecule has 114 valence electrons. The highest BCUT2D eigenvalue weighted by Crippen LogP contribution is 2.28. The monoisotopic (exact) mass is 297 g/mol. The number of carbonyl (C=O) groups is 1. The molecule has 1 saturated carbocycles. The van der Waals surface area contributed by atoms with Crippen molar-refractivity contribution in [2.75, 3.05) is 17.7 Å². The highest BCUT2D eigenvalue weighted by Gasteiger charge is 2.24. The number of anilines is 2. The number of carbonyl (C=O) groups excluding carboxylic acids is 1.